The maximum absolute atomic E-state index is 13.0. The lowest BCUT2D eigenvalue weighted by Crippen LogP contribution is -2.53. The Morgan fingerprint density at radius 1 is 1.09 bits per heavy atom. The molecule has 178 valence electrons. The van der Waals surface area contributed by atoms with E-state index in [2.05, 4.69) is 16.0 Å². The number of urea groups is 1. The molecule has 2 saturated heterocycles. The Balaban J connectivity index is 1.21. The third-order valence-electron chi connectivity index (χ3n) is 7.68. The van der Waals surface area contributed by atoms with Crippen LogP contribution in [0.25, 0.3) is 0 Å². The fourth-order valence-electron chi connectivity index (χ4n) is 5.93. The van der Waals surface area contributed by atoms with Gasteiger partial charge in [0.05, 0.1) is 6.10 Å². The van der Waals surface area contributed by atoms with Crippen LogP contribution in [0.1, 0.15) is 64.7 Å². The molecular formula is C23H36N4O5. The average Bonchev–Trinajstić information content (AvgIpc) is 3.10. The maximum atomic E-state index is 13.0. The van der Waals surface area contributed by atoms with Gasteiger partial charge in [-0.25, -0.2) is 4.79 Å². The molecule has 32 heavy (non-hydrogen) atoms. The van der Waals surface area contributed by atoms with E-state index in [1.54, 1.807) is 4.90 Å². The third kappa shape index (κ3) is 5.24. The summed E-state index contributed by atoms with van der Waals surface area (Å²) in [6, 6.07) is -0.457. The van der Waals surface area contributed by atoms with Crippen LogP contribution in [0.2, 0.25) is 0 Å². The zero-order chi connectivity index (χ0) is 22.7. The van der Waals surface area contributed by atoms with Crippen LogP contribution in [-0.4, -0.2) is 66.5 Å². The number of nitrogens with one attached hydrogen (secondary N) is 3. The van der Waals surface area contributed by atoms with Crippen molar-refractivity contribution in [1.82, 2.24) is 20.9 Å². The van der Waals surface area contributed by atoms with Gasteiger partial charge in [-0.3, -0.25) is 19.7 Å². The zero-order valence-electron chi connectivity index (χ0n) is 18.9. The SMILES string of the molecule is CCOC1CCC(NC(=O)NCC2CCC3CN(C4CCC(=O)NC4=O)C(=O)C3C2)CC1. The molecule has 2 heterocycles. The van der Waals surface area contributed by atoms with Gasteiger partial charge in [-0.05, 0) is 70.1 Å². The summed E-state index contributed by atoms with van der Waals surface area (Å²) >= 11 is 0. The van der Waals surface area contributed by atoms with Gasteiger partial charge in [0.25, 0.3) is 0 Å². The van der Waals surface area contributed by atoms with Crippen LogP contribution in [0.3, 0.4) is 0 Å². The second-order valence-corrected chi connectivity index (χ2v) is 9.79. The first-order valence-electron chi connectivity index (χ1n) is 12.2. The number of likely N-dealkylation sites (tertiary alicyclic amines) is 1. The number of amides is 5. The van der Waals surface area contributed by atoms with E-state index in [-0.39, 0.29) is 54.0 Å². The van der Waals surface area contributed by atoms with Gasteiger partial charge in [-0.15, -0.1) is 0 Å². The Morgan fingerprint density at radius 2 is 1.88 bits per heavy atom. The molecular weight excluding hydrogens is 412 g/mol. The molecule has 2 aliphatic carbocycles. The number of hydrogen-bond acceptors (Lipinski definition) is 5. The van der Waals surface area contributed by atoms with Crippen molar-refractivity contribution >= 4 is 23.8 Å². The highest BCUT2D eigenvalue weighted by atomic mass is 16.5. The predicted octanol–water partition coefficient (Wildman–Crippen LogP) is 1.31. The number of rotatable bonds is 6. The van der Waals surface area contributed by atoms with Crippen molar-refractivity contribution in [3.63, 3.8) is 0 Å². The molecule has 4 unspecified atom stereocenters. The van der Waals surface area contributed by atoms with Crippen molar-refractivity contribution in [1.29, 1.82) is 0 Å². The summed E-state index contributed by atoms with van der Waals surface area (Å²) in [6.45, 7) is 3.91. The molecule has 3 N–H and O–H groups in total. The van der Waals surface area contributed by atoms with Gasteiger partial charge >= 0.3 is 6.03 Å². The minimum Gasteiger partial charge on any atom is -0.379 e. The van der Waals surface area contributed by atoms with Crippen LogP contribution in [0.15, 0.2) is 0 Å². The fraction of sp³-hybridized carbons (Fsp3) is 0.826. The van der Waals surface area contributed by atoms with Gasteiger partial charge in [-0.1, -0.05) is 0 Å². The number of piperidine rings is 1. The van der Waals surface area contributed by atoms with Gasteiger partial charge < -0.3 is 20.3 Å². The Kier molecular flexibility index (Phi) is 7.33. The quantitative estimate of drug-likeness (QED) is 0.530. The average molecular weight is 449 g/mol. The van der Waals surface area contributed by atoms with E-state index in [1.807, 2.05) is 6.92 Å². The van der Waals surface area contributed by atoms with Crippen molar-refractivity contribution in [2.24, 2.45) is 17.8 Å². The Hall–Kier alpha value is -2.16. The third-order valence-corrected chi connectivity index (χ3v) is 7.68. The fourth-order valence-corrected chi connectivity index (χ4v) is 5.93. The maximum Gasteiger partial charge on any atom is 0.315 e. The van der Waals surface area contributed by atoms with Gasteiger partial charge in [0, 0.05) is 38.1 Å². The van der Waals surface area contributed by atoms with Crippen LogP contribution < -0.4 is 16.0 Å². The highest BCUT2D eigenvalue weighted by molar-refractivity contribution is 6.02. The van der Waals surface area contributed by atoms with Gasteiger partial charge in [-0.2, -0.15) is 0 Å². The molecule has 0 radical (unpaired) electrons. The molecule has 0 aromatic heterocycles. The van der Waals surface area contributed by atoms with E-state index in [1.165, 1.54) is 0 Å². The van der Waals surface area contributed by atoms with Crippen molar-refractivity contribution in [3.8, 4) is 0 Å². The molecule has 0 aromatic carbocycles. The number of ether oxygens (including phenoxy) is 1. The summed E-state index contributed by atoms with van der Waals surface area (Å²) in [5.74, 6) is -0.136. The van der Waals surface area contributed by atoms with Crippen molar-refractivity contribution in [2.75, 3.05) is 19.7 Å². The summed E-state index contributed by atoms with van der Waals surface area (Å²) in [5.41, 5.74) is 0. The minimum atomic E-state index is -0.522. The molecule has 2 saturated carbocycles. The van der Waals surface area contributed by atoms with E-state index in [4.69, 9.17) is 4.74 Å². The molecule has 4 aliphatic rings. The summed E-state index contributed by atoms with van der Waals surface area (Å²) in [7, 11) is 0. The lowest BCUT2D eigenvalue weighted by molar-refractivity contribution is -0.145. The first kappa shape index (κ1) is 23.0. The van der Waals surface area contributed by atoms with Gasteiger partial charge in [0.15, 0.2) is 0 Å². The van der Waals surface area contributed by atoms with Crippen LogP contribution in [0.4, 0.5) is 4.79 Å². The van der Waals surface area contributed by atoms with Crippen LogP contribution >= 0.6 is 0 Å². The van der Waals surface area contributed by atoms with Crippen LogP contribution in [0.5, 0.6) is 0 Å². The standard InChI is InChI=1S/C23H36N4O5/c1-2-32-17-7-5-16(6-8-17)25-23(31)24-12-14-3-4-15-13-27(22(30)18(15)11-14)19-9-10-20(28)26-21(19)29/h14-19H,2-13H2,1H3,(H2,24,25,31)(H,26,28,29). The molecule has 9 nitrogen and oxygen atoms in total. The molecule has 0 aromatic rings. The Bertz CT molecular complexity index is 736. The van der Waals surface area contributed by atoms with Crippen LogP contribution in [0, 0.1) is 17.8 Å². The lowest BCUT2D eigenvalue weighted by atomic mass is 9.75. The second-order valence-electron chi connectivity index (χ2n) is 9.79. The van der Waals surface area contributed by atoms with E-state index in [0.29, 0.717) is 25.6 Å². The Morgan fingerprint density at radius 3 is 2.59 bits per heavy atom. The van der Waals surface area contributed by atoms with Gasteiger partial charge in [0.2, 0.25) is 17.7 Å². The number of carbonyl (C=O) groups is 4. The summed E-state index contributed by atoms with van der Waals surface area (Å²) < 4.78 is 5.67. The Labute approximate surface area is 189 Å². The smallest absolute Gasteiger partial charge is 0.315 e. The van der Waals surface area contributed by atoms with Crippen molar-refractivity contribution in [2.45, 2.75) is 82.9 Å². The lowest BCUT2D eigenvalue weighted by Gasteiger charge is -2.31. The summed E-state index contributed by atoms with van der Waals surface area (Å²) in [4.78, 5) is 50.7. The summed E-state index contributed by atoms with van der Waals surface area (Å²) in [6.07, 6.45) is 7.50. The first-order valence-corrected chi connectivity index (χ1v) is 12.2. The normalized spacial score (nSPS) is 35.3. The summed E-state index contributed by atoms with van der Waals surface area (Å²) in [5, 5.41) is 8.45. The number of carbonyl (C=O) groups excluding carboxylic acids is 4. The molecule has 2 aliphatic heterocycles. The van der Waals surface area contributed by atoms with E-state index in [9.17, 15) is 19.2 Å². The largest absolute Gasteiger partial charge is 0.379 e. The number of nitrogens with zero attached hydrogens (tertiary/aromatic N) is 1. The number of fused-ring (bicyclic) bond motifs is 1. The predicted molar refractivity (Wildman–Crippen MR) is 116 cm³/mol. The van der Waals surface area contributed by atoms with Gasteiger partial charge in [0.1, 0.15) is 6.04 Å². The first-order chi connectivity index (χ1) is 15.4. The van der Waals surface area contributed by atoms with Crippen molar-refractivity contribution < 1.29 is 23.9 Å². The monoisotopic (exact) mass is 448 g/mol. The molecule has 5 amide bonds. The topological polar surface area (TPSA) is 117 Å². The molecule has 0 spiro atoms. The molecule has 0 bridgehead atoms. The molecule has 4 fully saturated rings. The molecule has 9 heteroatoms. The molecule has 4 atom stereocenters. The number of imide groups is 1. The number of hydrogen-bond donors (Lipinski definition) is 3. The van der Waals surface area contributed by atoms with E-state index >= 15 is 0 Å². The van der Waals surface area contributed by atoms with Crippen molar-refractivity contribution in [3.05, 3.63) is 0 Å². The zero-order valence-corrected chi connectivity index (χ0v) is 18.9. The van der Waals surface area contributed by atoms with E-state index < -0.39 is 6.04 Å². The molecule has 4 rings (SSSR count). The highest BCUT2D eigenvalue weighted by Gasteiger charge is 2.48. The van der Waals surface area contributed by atoms with Crippen LogP contribution in [-0.2, 0) is 19.1 Å². The second kappa shape index (κ2) is 10.2. The minimum absolute atomic E-state index is 0.0321. The highest BCUT2D eigenvalue weighted by Crippen LogP contribution is 2.41. The van der Waals surface area contributed by atoms with E-state index in [0.717, 1.165) is 51.6 Å².